The predicted octanol–water partition coefficient (Wildman–Crippen LogP) is 0.647. The van der Waals surface area contributed by atoms with E-state index < -0.39 is 4.92 Å². The SMILES string of the molecule is COCCOCCNc1cc([N+](=O)[O-])cc(N)n1. The molecule has 0 aliphatic rings. The number of hydrogen-bond acceptors (Lipinski definition) is 7. The number of pyridine rings is 1. The Labute approximate surface area is 104 Å². The molecule has 0 aliphatic carbocycles. The normalized spacial score (nSPS) is 10.3. The van der Waals surface area contributed by atoms with Crippen molar-refractivity contribution >= 4 is 17.3 Å². The Kier molecular flexibility index (Phi) is 5.81. The second kappa shape index (κ2) is 7.41. The Morgan fingerprint density at radius 1 is 1.44 bits per heavy atom. The molecule has 18 heavy (non-hydrogen) atoms. The second-order valence-corrected chi connectivity index (χ2v) is 3.42. The zero-order chi connectivity index (χ0) is 13.4. The molecule has 1 heterocycles. The highest BCUT2D eigenvalue weighted by Crippen LogP contribution is 2.18. The number of nitrogens with one attached hydrogen (secondary N) is 1. The lowest BCUT2D eigenvalue weighted by Crippen LogP contribution is -2.13. The molecule has 0 fully saturated rings. The summed E-state index contributed by atoms with van der Waals surface area (Å²) in [6.45, 7) is 1.97. The van der Waals surface area contributed by atoms with Gasteiger partial charge in [-0.2, -0.15) is 0 Å². The van der Waals surface area contributed by atoms with Gasteiger partial charge in [0.25, 0.3) is 5.69 Å². The molecule has 0 atom stereocenters. The van der Waals surface area contributed by atoms with E-state index in [4.69, 9.17) is 15.2 Å². The van der Waals surface area contributed by atoms with Gasteiger partial charge in [0.15, 0.2) is 0 Å². The van der Waals surface area contributed by atoms with E-state index in [9.17, 15) is 10.1 Å². The van der Waals surface area contributed by atoms with Gasteiger partial charge in [0.05, 0.1) is 36.9 Å². The summed E-state index contributed by atoms with van der Waals surface area (Å²) in [5.41, 5.74) is 5.37. The smallest absolute Gasteiger partial charge is 0.276 e. The number of ether oxygens (including phenoxy) is 2. The summed E-state index contributed by atoms with van der Waals surface area (Å²) in [4.78, 5) is 14.0. The van der Waals surface area contributed by atoms with Crippen LogP contribution in [0.2, 0.25) is 0 Å². The zero-order valence-electron chi connectivity index (χ0n) is 10.1. The van der Waals surface area contributed by atoms with Gasteiger partial charge in [0.1, 0.15) is 11.6 Å². The fourth-order valence-corrected chi connectivity index (χ4v) is 1.23. The van der Waals surface area contributed by atoms with Crippen molar-refractivity contribution in [3.05, 3.63) is 22.2 Å². The van der Waals surface area contributed by atoms with Gasteiger partial charge >= 0.3 is 0 Å². The predicted molar refractivity (Wildman–Crippen MR) is 66.5 cm³/mol. The maximum atomic E-state index is 10.6. The maximum Gasteiger partial charge on any atom is 0.276 e. The maximum absolute atomic E-state index is 10.6. The van der Waals surface area contributed by atoms with Crippen LogP contribution in [0.5, 0.6) is 0 Å². The van der Waals surface area contributed by atoms with Crippen molar-refractivity contribution in [2.75, 3.05) is 44.5 Å². The van der Waals surface area contributed by atoms with E-state index in [0.29, 0.717) is 32.2 Å². The molecule has 0 radical (unpaired) electrons. The summed E-state index contributed by atoms with van der Waals surface area (Å²) >= 11 is 0. The number of nitrogen functional groups attached to an aromatic ring is 1. The summed E-state index contributed by atoms with van der Waals surface area (Å²) in [6, 6.07) is 2.53. The molecular weight excluding hydrogens is 240 g/mol. The highest BCUT2D eigenvalue weighted by Gasteiger charge is 2.09. The zero-order valence-corrected chi connectivity index (χ0v) is 10.1. The molecule has 3 N–H and O–H groups in total. The summed E-state index contributed by atoms with van der Waals surface area (Å²) < 4.78 is 10.0. The average molecular weight is 256 g/mol. The first-order chi connectivity index (χ1) is 8.63. The van der Waals surface area contributed by atoms with Gasteiger partial charge in [-0.05, 0) is 0 Å². The molecule has 100 valence electrons. The van der Waals surface area contributed by atoms with Crippen molar-refractivity contribution in [2.45, 2.75) is 0 Å². The summed E-state index contributed by atoms with van der Waals surface area (Å²) in [5, 5.41) is 13.5. The average Bonchev–Trinajstić information content (AvgIpc) is 2.33. The molecule has 0 aromatic carbocycles. The number of anilines is 2. The number of rotatable bonds is 8. The number of aromatic nitrogens is 1. The monoisotopic (exact) mass is 256 g/mol. The molecule has 8 heteroatoms. The number of nitro groups is 1. The lowest BCUT2D eigenvalue weighted by Gasteiger charge is -2.07. The largest absolute Gasteiger partial charge is 0.383 e. The number of hydrogen-bond donors (Lipinski definition) is 2. The fourth-order valence-electron chi connectivity index (χ4n) is 1.23. The molecule has 0 aliphatic heterocycles. The Hall–Kier alpha value is -1.93. The van der Waals surface area contributed by atoms with Crippen molar-refractivity contribution in [1.29, 1.82) is 0 Å². The van der Waals surface area contributed by atoms with Gasteiger partial charge in [-0.25, -0.2) is 4.98 Å². The van der Waals surface area contributed by atoms with Gasteiger partial charge in [-0.1, -0.05) is 0 Å². The summed E-state index contributed by atoms with van der Waals surface area (Å²) in [6.07, 6.45) is 0. The lowest BCUT2D eigenvalue weighted by molar-refractivity contribution is -0.384. The molecule has 0 saturated carbocycles. The number of nitrogens with zero attached hydrogens (tertiary/aromatic N) is 2. The topological polar surface area (TPSA) is 113 Å². The quantitative estimate of drug-likeness (QED) is 0.399. The van der Waals surface area contributed by atoms with E-state index in [1.807, 2.05) is 0 Å². The number of nitrogens with two attached hydrogens (primary N) is 1. The van der Waals surface area contributed by atoms with Gasteiger partial charge in [-0.3, -0.25) is 10.1 Å². The van der Waals surface area contributed by atoms with E-state index in [1.165, 1.54) is 12.1 Å². The minimum atomic E-state index is -0.516. The minimum Gasteiger partial charge on any atom is -0.383 e. The molecule has 1 rings (SSSR count). The first kappa shape index (κ1) is 14.1. The fraction of sp³-hybridized carbons (Fsp3) is 0.500. The Morgan fingerprint density at radius 2 is 2.22 bits per heavy atom. The highest BCUT2D eigenvalue weighted by molar-refractivity contribution is 5.52. The van der Waals surface area contributed by atoms with E-state index in [1.54, 1.807) is 7.11 Å². The van der Waals surface area contributed by atoms with Gasteiger partial charge in [-0.15, -0.1) is 0 Å². The van der Waals surface area contributed by atoms with Crippen LogP contribution < -0.4 is 11.1 Å². The lowest BCUT2D eigenvalue weighted by atomic mass is 10.3. The van der Waals surface area contributed by atoms with Crippen LogP contribution in [0, 0.1) is 10.1 Å². The van der Waals surface area contributed by atoms with Gasteiger partial charge < -0.3 is 20.5 Å². The Bertz CT molecular complexity index is 399. The Morgan fingerprint density at radius 3 is 2.89 bits per heavy atom. The summed E-state index contributed by atoms with van der Waals surface area (Å²) in [5.74, 6) is 0.462. The molecule has 0 spiro atoms. The van der Waals surface area contributed by atoms with Crippen molar-refractivity contribution in [3.63, 3.8) is 0 Å². The molecule has 1 aromatic rings. The van der Waals surface area contributed by atoms with Crippen molar-refractivity contribution in [3.8, 4) is 0 Å². The third-order valence-electron chi connectivity index (χ3n) is 2.03. The molecule has 8 nitrogen and oxygen atoms in total. The standard InChI is InChI=1S/C10H16N4O4/c1-17-4-5-18-3-2-12-10-7-8(14(15)16)6-9(11)13-10/h6-7H,2-5H2,1H3,(H3,11,12,13). The van der Waals surface area contributed by atoms with Crippen LogP contribution >= 0.6 is 0 Å². The minimum absolute atomic E-state index is 0.0923. The van der Waals surface area contributed by atoms with E-state index >= 15 is 0 Å². The van der Waals surface area contributed by atoms with E-state index in [0.717, 1.165) is 0 Å². The van der Waals surface area contributed by atoms with Crippen LogP contribution in [0.15, 0.2) is 12.1 Å². The second-order valence-electron chi connectivity index (χ2n) is 3.42. The van der Waals surface area contributed by atoms with Crippen molar-refractivity contribution in [1.82, 2.24) is 4.98 Å². The molecule has 0 amide bonds. The van der Waals surface area contributed by atoms with Crippen LogP contribution in [0.4, 0.5) is 17.3 Å². The number of methoxy groups -OCH3 is 1. The first-order valence-electron chi connectivity index (χ1n) is 5.36. The van der Waals surface area contributed by atoms with E-state index in [2.05, 4.69) is 10.3 Å². The molecule has 0 saturated heterocycles. The van der Waals surface area contributed by atoms with Crippen molar-refractivity contribution < 1.29 is 14.4 Å². The van der Waals surface area contributed by atoms with Gasteiger partial charge in [0.2, 0.25) is 0 Å². The van der Waals surface area contributed by atoms with Crippen LogP contribution in [-0.4, -0.2) is 43.4 Å². The van der Waals surface area contributed by atoms with Crippen molar-refractivity contribution in [2.24, 2.45) is 0 Å². The molecule has 0 bridgehead atoms. The third-order valence-corrected chi connectivity index (χ3v) is 2.03. The molecule has 0 unspecified atom stereocenters. The Balaban J connectivity index is 2.40. The van der Waals surface area contributed by atoms with Crippen LogP contribution in [-0.2, 0) is 9.47 Å². The molecule has 1 aromatic heterocycles. The van der Waals surface area contributed by atoms with E-state index in [-0.39, 0.29) is 11.5 Å². The van der Waals surface area contributed by atoms with Crippen LogP contribution in [0.3, 0.4) is 0 Å². The molecular formula is C10H16N4O4. The highest BCUT2D eigenvalue weighted by atomic mass is 16.6. The summed E-state index contributed by atoms with van der Waals surface area (Å²) in [7, 11) is 1.59. The van der Waals surface area contributed by atoms with Crippen LogP contribution in [0.25, 0.3) is 0 Å². The van der Waals surface area contributed by atoms with Gasteiger partial charge in [0, 0.05) is 13.7 Å². The third kappa shape index (κ3) is 4.93. The first-order valence-corrected chi connectivity index (χ1v) is 5.36. The van der Waals surface area contributed by atoms with Crippen LogP contribution in [0.1, 0.15) is 0 Å².